The molecule has 136 valence electrons. The number of aromatic nitrogens is 3. The first kappa shape index (κ1) is 16.0. The van der Waals surface area contributed by atoms with E-state index in [4.69, 9.17) is 14.7 Å². The van der Waals surface area contributed by atoms with Crippen molar-refractivity contribution in [1.29, 1.82) is 0 Å². The molecule has 5 heterocycles. The van der Waals surface area contributed by atoms with Crippen molar-refractivity contribution in [3.63, 3.8) is 0 Å². The van der Waals surface area contributed by atoms with Crippen molar-refractivity contribution in [3.05, 3.63) is 41.9 Å². The molecule has 0 saturated carbocycles. The molecule has 0 aromatic carbocycles. The fraction of sp³-hybridized carbons (Fsp3) is 0.526. The van der Waals surface area contributed by atoms with Gasteiger partial charge in [0.1, 0.15) is 5.82 Å². The van der Waals surface area contributed by atoms with E-state index < -0.39 is 0 Å². The van der Waals surface area contributed by atoms with Gasteiger partial charge in [-0.3, -0.25) is 4.98 Å². The highest BCUT2D eigenvalue weighted by Crippen LogP contribution is 2.34. The van der Waals surface area contributed by atoms with E-state index >= 15 is 0 Å². The van der Waals surface area contributed by atoms with Crippen molar-refractivity contribution < 1.29 is 9.84 Å². The van der Waals surface area contributed by atoms with Gasteiger partial charge < -0.3 is 19.6 Å². The summed E-state index contributed by atoms with van der Waals surface area (Å²) in [7, 11) is 0. The second-order valence-corrected chi connectivity index (χ2v) is 7.43. The van der Waals surface area contributed by atoms with Gasteiger partial charge in [0, 0.05) is 62.6 Å². The quantitative estimate of drug-likeness (QED) is 0.884. The molecule has 26 heavy (non-hydrogen) atoms. The number of rotatable bonds is 4. The maximum atomic E-state index is 9.62. The number of aliphatic hydroxyl groups is 1. The third-order valence-corrected chi connectivity index (χ3v) is 5.53. The second kappa shape index (κ2) is 6.48. The number of nitrogens with zero attached hydrogens (tertiary/aromatic N) is 5. The van der Waals surface area contributed by atoms with E-state index in [1.807, 2.05) is 23.2 Å². The van der Waals surface area contributed by atoms with Crippen LogP contribution in [-0.2, 0) is 4.74 Å². The lowest BCUT2D eigenvalue weighted by Gasteiger charge is -2.41. The van der Waals surface area contributed by atoms with Crippen LogP contribution in [0, 0.1) is 0 Å². The molecular weight excluding hydrogens is 330 g/mol. The fourth-order valence-corrected chi connectivity index (χ4v) is 3.81. The number of ether oxygens (including phenoxy) is 1. The highest BCUT2D eigenvalue weighted by atomic mass is 16.5. The molecule has 3 aliphatic heterocycles. The largest absolute Gasteiger partial charge is 0.389 e. The summed E-state index contributed by atoms with van der Waals surface area (Å²) in [6.07, 6.45) is 2.60. The zero-order valence-electron chi connectivity index (χ0n) is 14.7. The molecule has 3 saturated heterocycles. The molecule has 2 aromatic heterocycles. The maximum absolute atomic E-state index is 9.62. The molecular formula is C19H23N5O2. The van der Waals surface area contributed by atoms with E-state index in [1.165, 1.54) is 0 Å². The van der Waals surface area contributed by atoms with Crippen LogP contribution in [0.1, 0.15) is 29.6 Å². The van der Waals surface area contributed by atoms with E-state index in [-0.39, 0.29) is 6.10 Å². The first-order valence-corrected chi connectivity index (χ1v) is 9.32. The van der Waals surface area contributed by atoms with Crippen LogP contribution in [0.15, 0.2) is 30.5 Å². The van der Waals surface area contributed by atoms with Crippen LogP contribution in [0.2, 0.25) is 0 Å². The van der Waals surface area contributed by atoms with E-state index in [9.17, 15) is 5.11 Å². The van der Waals surface area contributed by atoms with Crippen molar-refractivity contribution in [2.45, 2.75) is 24.4 Å². The maximum Gasteiger partial charge on any atom is 0.227 e. The highest BCUT2D eigenvalue weighted by Gasteiger charge is 2.33. The predicted molar refractivity (Wildman–Crippen MR) is 97.6 cm³/mol. The molecule has 5 rings (SSSR count). The summed E-state index contributed by atoms with van der Waals surface area (Å²) in [6.45, 7) is 4.61. The van der Waals surface area contributed by atoms with Gasteiger partial charge in [0.25, 0.3) is 0 Å². The Hall–Kier alpha value is -2.25. The van der Waals surface area contributed by atoms with Crippen LogP contribution in [0.4, 0.5) is 11.8 Å². The number of pyridine rings is 1. The van der Waals surface area contributed by atoms with Gasteiger partial charge in [-0.05, 0) is 18.6 Å². The monoisotopic (exact) mass is 353 g/mol. The highest BCUT2D eigenvalue weighted by molar-refractivity contribution is 5.51. The van der Waals surface area contributed by atoms with Crippen molar-refractivity contribution in [1.82, 2.24) is 15.0 Å². The van der Waals surface area contributed by atoms with Gasteiger partial charge >= 0.3 is 0 Å². The third-order valence-electron chi connectivity index (χ3n) is 5.53. The Bertz CT molecular complexity index is 769. The van der Waals surface area contributed by atoms with E-state index in [2.05, 4.69) is 22.0 Å². The summed E-state index contributed by atoms with van der Waals surface area (Å²) >= 11 is 0. The fourth-order valence-electron chi connectivity index (χ4n) is 3.81. The molecule has 0 bridgehead atoms. The first-order chi connectivity index (χ1) is 12.8. The Labute approximate surface area is 152 Å². The zero-order chi connectivity index (χ0) is 17.5. The minimum Gasteiger partial charge on any atom is -0.389 e. The third kappa shape index (κ3) is 2.91. The van der Waals surface area contributed by atoms with Crippen molar-refractivity contribution in [2.75, 3.05) is 49.2 Å². The molecule has 7 nitrogen and oxygen atoms in total. The Balaban J connectivity index is 1.37. The summed E-state index contributed by atoms with van der Waals surface area (Å²) in [5.41, 5.74) is 2.21. The van der Waals surface area contributed by atoms with Crippen molar-refractivity contribution in [2.24, 2.45) is 0 Å². The van der Waals surface area contributed by atoms with Gasteiger partial charge in [0.2, 0.25) is 5.95 Å². The molecule has 0 aliphatic carbocycles. The Morgan fingerprint density at radius 1 is 1.00 bits per heavy atom. The van der Waals surface area contributed by atoms with Crippen LogP contribution in [0.3, 0.4) is 0 Å². The van der Waals surface area contributed by atoms with Gasteiger partial charge in [0.15, 0.2) is 0 Å². The molecule has 0 amide bonds. The molecule has 3 fully saturated rings. The van der Waals surface area contributed by atoms with Crippen molar-refractivity contribution >= 4 is 11.8 Å². The van der Waals surface area contributed by atoms with Crippen LogP contribution in [-0.4, -0.2) is 65.6 Å². The van der Waals surface area contributed by atoms with Crippen LogP contribution >= 0.6 is 0 Å². The predicted octanol–water partition coefficient (Wildman–Crippen LogP) is 1.16. The van der Waals surface area contributed by atoms with E-state index in [0.717, 1.165) is 55.9 Å². The number of hydrogen-bond donors (Lipinski definition) is 1. The van der Waals surface area contributed by atoms with Gasteiger partial charge in [-0.15, -0.1) is 0 Å². The summed E-state index contributed by atoms with van der Waals surface area (Å²) in [4.78, 5) is 18.4. The standard InChI is InChI=1S/C19H23N5O2/c25-15-10-24(11-15)19-21-17(13-4-6-26-12-13)7-18(22-19)23-8-14(9-23)16-3-1-2-5-20-16/h1-3,5,7,13-15,25H,4,6,8-12H2. The second-order valence-electron chi connectivity index (χ2n) is 7.43. The molecule has 1 unspecified atom stereocenters. The zero-order valence-corrected chi connectivity index (χ0v) is 14.7. The number of anilines is 2. The van der Waals surface area contributed by atoms with Gasteiger partial charge in [-0.1, -0.05) is 6.07 Å². The van der Waals surface area contributed by atoms with Gasteiger partial charge in [-0.25, -0.2) is 4.98 Å². The Morgan fingerprint density at radius 3 is 2.58 bits per heavy atom. The van der Waals surface area contributed by atoms with Crippen LogP contribution < -0.4 is 9.80 Å². The summed E-state index contributed by atoms with van der Waals surface area (Å²) in [5.74, 6) is 2.51. The summed E-state index contributed by atoms with van der Waals surface area (Å²) in [6, 6.07) is 8.21. The molecule has 1 N–H and O–H groups in total. The smallest absolute Gasteiger partial charge is 0.227 e. The topological polar surface area (TPSA) is 74.6 Å². The SMILES string of the molecule is OC1CN(c2nc(C3CCOC3)cc(N3CC(c4ccccn4)C3)n2)C1. The van der Waals surface area contributed by atoms with Crippen LogP contribution in [0.5, 0.6) is 0 Å². The molecule has 3 aliphatic rings. The molecule has 7 heteroatoms. The lowest BCUT2D eigenvalue weighted by molar-refractivity contribution is 0.140. The van der Waals surface area contributed by atoms with E-state index in [0.29, 0.717) is 24.9 Å². The molecule has 2 aromatic rings. The lowest BCUT2D eigenvalue weighted by Crippen LogP contribution is -2.52. The number of hydrogen-bond acceptors (Lipinski definition) is 7. The average molecular weight is 353 g/mol. The molecule has 0 radical (unpaired) electrons. The molecule has 0 spiro atoms. The summed E-state index contributed by atoms with van der Waals surface area (Å²) < 4.78 is 5.55. The first-order valence-electron chi connectivity index (χ1n) is 9.32. The van der Waals surface area contributed by atoms with Crippen molar-refractivity contribution in [3.8, 4) is 0 Å². The lowest BCUT2D eigenvalue weighted by atomic mass is 9.95. The Kier molecular flexibility index (Phi) is 3.98. The van der Waals surface area contributed by atoms with Crippen LogP contribution in [0.25, 0.3) is 0 Å². The van der Waals surface area contributed by atoms with E-state index in [1.54, 1.807) is 0 Å². The minimum atomic E-state index is -0.266. The average Bonchev–Trinajstić information content (AvgIpc) is 3.13. The van der Waals surface area contributed by atoms with Gasteiger partial charge in [0.05, 0.1) is 18.4 Å². The number of β-amino-alcohol motifs (C(OH)–C–C–N with tert-alkyl or cyclic N) is 1. The number of aliphatic hydroxyl groups excluding tert-OH is 1. The Morgan fingerprint density at radius 2 is 1.88 bits per heavy atom. The normalized spacial score (nSPS) is 23.8. The van der Waals surface area contributed by atoms with Gasteiger partial charge in [-0.2, -0.15) is 4.98 Å². The minimum absolute atomic E-state index is 0.266. The molecule has 1 atom stereocenters. The summed E-state index contributed by atoms with van der Waals surface area (Å²) in [5, 5.41) is 9.62.